The molecule has 4 heteroatoms. The van der Waals surface area contributed by atoms with E-state index in [0.717, 1.165) is 16.8 Å². The van der Waals surface area contributed by atoms with Crippen LogP contribution in [0, 0.1) is 18.3 Å². The van der Waals surface area contributed by atoms with Crippen LogP contribution < -0.4 is 5.32 Å². The van der Waals surface area contributed by atoms with Crippen LogP contribution in [-0.2, 0) is 0 Å². The summed E-state index contributed by atoms with van der Waals surface area (Å²) in [7, 11) is 0. The van der Waals surface area contributed by atoms with Gasteiger partial charge in [0.05, 0.1) is 6.07 Å². The normalized spacial score (nSPS) is 11.6. The van der Waals surface area contributed by atoms with Crippen LogP contribution in [0.3, 0.4) is 0 Å². The fraction of sp³-hybridized carbons (Fsp3) is 0.143. The van der Waals surface area contributed by atoms with E-state index in [1.54, 1.807) is 24.5 Å². The summed E-state index contributed by atoms with van der Waals surface area (Å²) >= 11 is 5.91. The second-order valence-corrected chi connectivity index (χ2v) is 4.39. The Labute approximate surface area is 111 Å². The van der Waals surface area contributed by atoms with Crippen LogP contribution in [-0.4, -0.2) is 4.98 Å². The van der Waals surface area contributed by atoms with Crippen LogP contribution in [0.4, 0.5) is 5.69 Å². The minimum absolute atomic E-state index is 0.433. The van der Waals surface area contributed by atoms with E-state index in [0.29, 0.717) is 5.02 Å². The summed E-state index contributed by atoms with van der Waals surface area (Å²) in [5.41, 5.74) is 2.73. The van der Waals surface area contributed by atoms with Crippen LogP contribution in [0.25, 0.3) is 0 Å². The summed E-state index contributed by atoms with van der Waals surface area (Å²) in [6.07, 6.45) is 3.42. The third-order valence-electron chi connectivity index (χ3n) is 2.66. The van der Waals surface area contributed by atoms with Crippen molar-refractivity contribution in [1.82, 2.24) is 4.98 Å². The smallest absolute Gasteiger partial charge is 0.142 e. The van der Waals surface area contributed by atoms with E-state index in [-0.39, 0.29) is 0 Å². The molecule has 0 amide bonds. The first kappa shape index (κ1) is 12.4. The Kier molecular flexibility index (Phi) is 3.81. The molecule has 0 bridgehead atoms. The predicted molar refractivity (Wildman–Crippen MR) is 72.4 cm³/mol. The molecular weight excluding hydrogens is 246 g/mol. The van der Waals surface area contributed by atoms with E-state index >= 15 is 0 Å². The minimum atomic E-state index is -0.433. The van der Waals surface area contributed by atoms with Gasteiger partial charge in [0.15, 0.2) is 0 Å². The largest absolute Gasteiger partial charge is 0.366 e. The molecule has 3 nitrogen and oxygen atoms in total. The lowest BCUT2D eigenvalue weighted by atomic mass is 10.0. The molecule has 1 atom stereocenters. The highest BCUT2D eigenvalue weighted by Crippen LogP contribution is 2.23. The van der Waals surface area contributed by atoms with E-state index in [2.05, 4.69) is 16.4 Å². The molecule has 0 radical (unpaired) electrons. The number of aromatic nitrogens is 1. The van der Waals surface area contributed by atoms with Gasteiger partial charge in [0.2, 0.25) is 0 Å². The zero-order chi connectivity index (χ0) is 13.0. The molecule has 90 valence electrons. The summed E-state index contributed by atoms with van der Waals surface area (Å²) in [5.74, 6) is 0. The quantitative estimate of drug-likeness (QED) is 0.912. The minimum Gasteiger partial charge on any atom is -0.366 e. The standard InChI is InChI=1S/C14H12ClN3/c1-10-5-6-17-9-13(10)14(8-16)18-12-4-2-3-11(15)7-12/h2-7,9,14,18H,1H3. The van der Waals surface area contributed by atoms with Gasteiger partial charge >= 0.3 is 0 Å². The molecule has 1 aromatic heterocycles. The molecule has 1 N–H and O–H groups in total. The highest BCUT2D eigenvalue weighted by atomic mass is 35.5. The Morgan fingerprint density at radius 1 is 1.39 bits per heavy atom. The second-order valence-electron chi connectivity index (χ2n) is 3.95. The molecule has 2 aromatic rings. The van der Waals surface area contributed by atoms with E-state index in [9.17, 15) is 5.26 Å². The highest BCUT2D eigenvalue weighted by molar-refractivity contribution is 6.30. The number of hydrogen-bond acceptors (Lipinski definition) is 3. The topological polar surface area (TPSA) is 48.7 Å². The third kappa shape index (κ3) is 2.79. The van der Waals surface area contributed by atoms with Crippen LogP contribution in [0.2, 0.25) is 5.02 Å². The first-order valence-corrected chi connectivity index (χ1v) is 5.91. The van der Waals surface area contributed by atoms with Crippen molar-refractivity contribution in [2.45, 2.75) is 13.0 Å². The molecule has 1 aromatic carbocycles. The fourth-order valence-electron chi connectivity index (χ4n) is 1.70. The maximum Gasteiger partial charge on any atom is 0.142 e. The van der Waals surface area contributed by atoms with Gasteiger partial charge in [-0.3, -0.25) is 4.98 Å². The average Bonchev–Trinajstić information content (AvgIpc) is 2.37. The van der Waals surface area contributed by atoms with Crippen molar-refractivity contribution in [1.29, 1.82) is 5.26 Å². The highest BCUT2D eigenvalue weighted by Gasteiger charge is 2.12. The lowest BCUT2D eigenvalue weighted by Crippen LogP contribution is -2.10. The number of pyridine rings is 1. The Hall–Kier alpha value is -2.05. The van der Waals surface area contributed by atoms with Crippen molar-refractivity contribution < 1.29 is 0 Å². The molecule has 0 aliphatic rings. The lowest BCUT2D eigenvalue weighted by molar-refractivity contribution is 0.965. The molecule has 0 aliphatic heterocycles. The number of anilines is 1. The van der Waals surface area contributed by atoms with E-state index in [1.807, 2.05) is 25.1 Å². The molecule has 0 saturated heterocycles. The van der Waals surface area contributed by atoms with Gasteiger partial charge < -0.3 is 5.32 Å². The zero-order valence-corrected chi connectivity index (χ0v) is 10.6. The monoisotopic (exact) mass is 257 g/mol. The van der Waals surface area contributed by atoms with Gasteiger partial charge in [-0.05, 0) is 36.8 Å². The second kappa shape index (κ2) is 5.52. The summed E-state index contributed by atoms with van der Waals surface area (Å²) in [6.45, 7) is 1.96. The first-order chi connectivity index (χ1) is 8.70. The number of hydrogen-bond donors (Lipinski definition) is 1. The zero-order valence-electron chi connectivity index (χ0n) is 9.89. The van der Waals surface area contributed by atoms with Crippen molar-refractivity contribution in [3.8, 4) is 6.07 Å². The van der Waals surface area contributed by atoms with Crippen LogP contribution in [0.5, 0.6) is 0 Å². The number of nitrogens with zero attached hydrogens (tertiary/aromatic N) is 2. The summed E-state index contributed by atoms with van der Waals surface area (Å²) in [6, 6.07) is 11.0. The van der Waals surface area contributed by atoms with Crippen molar-refractivity contribution in [2.24, 2.45) is 0 Å². The van der Waals surface area contributed by atoms with E-state index in [4.69, 9.17) is 11.6 Å². The molecule has 18 heavy (non-hydrogen) atoms. The summed E-state index contributed by atoms with van der Waals surface area (Å²) in [4.78, 5) is 4.06. The molecule has 0 fully saturated rings. The van der Waals surface area contributed by atoms with Crippen molar-refractivity contribution in [3.05, 3.63) is 58.9 Å². The third-order valence-corrected chi connectivity index (χ3v) is 2.89. The predicted octanol–water partition coefficient (Wildman–Crippen LogP) is 3.72. The fourth-order valence-corrected chi connectivity index (χ4v) is 1.89. The van der Waals surface area contributed by atoms with Crippen LogP contribution >= 0.6 is 11.6 Å². The average molecular weight is 258 g/mol. The van der Waals surface area contributed by atoms with Gasteiger partial charge in [-0.15, -0.1) is 0 Å². The van der Waals surface area contributed by atoms with Gasteiger partial charge in [-0.25, -0.2) is 0 Å². The molecule has 1 heterocycles. The SMILES string of the molecule is Cc1ccncc1C(C#N)Nc1cccc(Cl)c1. The molecule has 2 rings (SSSR count). The van der Waals surface area contributed by atoms with Gasteiger partial charge in [-0.1, -0.05) is 17.7 Å². The molecule has 1 unspecified atom stereocenters. The summed E-state index contributed by atoms with van der Waals surface area (Å²) < 4.78 is 0. The Bertz CT molecular complexity index is 590. The first-order valence-electron chi connectivity index (χ1n) is 5.53. The van der Waals surface area contributed by atoms with Gasteiger partial charge in [0.1, 0.15) is 6.04 Å². The number of rotatable bonds is 3. The summed E-state index contributed by atoms with van der Waals surface area (Å²) in [5, 5.41) is 13.0. The van der Waals surface area contributed by atoms with Crippen LogP contribution in [0.15, 0.2) is 42.7 Å². The van der Waals surface area contributed by atoms with Crippen molar-refractivity contribution in [2.75, 3.05) is 5.32 Å². The van der Waals surface area contributed by atoms with Crippen LogP contribution in [0.1, 0.15) is 17.2 Å². The molecule has 0 aliphatic carbocycles. The number of benzene rings is 1. The van der Waals surface area contributed by atoms with Gasteiger partial charge in [-0.2, -0.15) is 5.26 Å². The number of nitrogens with one attached hydrogen (secondary N) is 1. The van der Waals surface area contributed by atoms with E-state index < -0.39 is 6.04 Å². The van der Waals surface area contributed by atoms with Crippen molar-refractivity contribution in [3.63, 3.8) is 0 Å². The maximum atomic E-state index is 9.26. The molecular formula is C14H12ClN3. The maximum absolute atomic E-state index is 9.26. The number of aryl methyl sites for hydroxylation is 1. The molecule has 0 saturated carbocycles. The van der Waals surface area contributed by atoms with Gasteiger partial charge in [0, 0.05) is 28.7 Å². The Morgan fingerprint density at radius 2 is 2.22 bits per heavy atom. The van der Waals surface area contributed by atoms with Gasteiger partial charge in [0.25, 0.3) is 0 Å². The Balaban J connectivity index is 2.26. The van der Waals surface area contributed by atoms with Crippen molar-refractivity contribution >= 4 is 17.3 Å². The number of halogens is 1. The lowest BCUT2D eigenvalue weighted by Gasteiger charge is -2.15. The van der Waals surface area contributed by atoms with E-state index in [1.165, 1.54) is 0 Å². The Morgan fingerprint density at radius 3 is 2.89 bits per heavy atom. The molecule has 0 spiro atoms. The number of nitriles is 1.